The van der Waals surface area contributed by atoms with Crippen LogP contribution in [0.5, 0.6) is 11.5 Å². The Morgan fingerprint density at radius 1 is 0.815 bits per heavy atom. The van der Waals surface area contributed by atoms with Gasteiger partial charge in [-0.15, -0.1) is 0 Å². The maximum absolute atomic E-state index is 12.3. The first-order valence-electron chi connectivity index (χ1n) is 7.61. The summed E-state index contributed by atoms with van der Waals surface area (Å²) in [4.78, 5) is 11.5. The minimum atomic E-state index is -4.16. The molecule has 0 aliphatic rings. The number of ether oxygens (including phenoxy) is 1. The third kappa shape index (κ3) is 5.69. The van der Waals surface area contributed by atoms with Crippen LogP contribution in [-0.4, -0.2) is 22.8 Å². The second-order valence-corrected chi connectivity index (χ2v) is 10.7. The minimum absolute atomic E-state index is 0.0812. The molecule has 0 N–H and O–H groups in total. The van der Waals surface area contributed by atoms with Gasteiger partial charge in [0.05, 0.1) is 10.3 Å². The average molecular weight is 433 g/mol. The van der Waals surface area contributed by atoms with Gasteiger partial charge >= 0.3 is 16.1 Å². The molecule has 0 aromatic heterocycles. The number of hydrogen-bond acceptors (Lipinski definition) is 7. The lowest BCUT2D eigenvalue weighted by atomic mass is 9.97. The first-order valence-corrected chi connectivity index (χ1v) is 11.3. The third-order valence-electron chi connectivity index (χ3n) is 3.25. The minimum Gasteiger partial charge on any atom is -0.426 e. The van der Waals surface area contributed by atoms with Crippen molar-refractivity contribution in [3.63, 3.8) is 0 Å². The van der Waals surface area contributed by atoms with Crippen LogP contribution in [0, 0.1) is 5.41 Å². The second-order valence-electron chi connectivity index (χ2n) is 6.56. The van der Waals surface area contributed by atoms with Crippen LogP contribution in [0.2, 0.25) is 0 Å². The monoisotopic (exact) mass is 432 g/mol. The Balaban J connectivity index is 2.16. The first-order chi connectivity index (χ1) is 12.3. The lowest BCUT2D eigenvalue weighted by Gasteiger charge is -2.16. The van der Waals surface area contributed by atoms with Crippen LogP contribution in [0.15, 0.2) is 58.3 Å². The van der Waals surface area contributed by atoms with Gasteiger partial charge in [-0.2, -0.15) is 8.42 Å². The molecule has 0 radical (unpaired) electrons. The van der Waals surface area contributed by atoms with E-state index >= 15 is 0 Å². The van der Waals surface area contributed by atoms with Crippen LogP contribution in [0.1, 0.15) is 20.8 Å². The van der Waals surface area contributed by atoms with Crippen molar-refractivity contribution >= 4 is 35.8 Å². The molecule has 0 unspecified atom stereocenters. The molecule has 0 aliphatic heterocycles. The van der Waals surface area contributed by atoms with Crippen LogP contribution < -0.4 is 8.92 Å². The molecule has 2 rings (SSSR count). The highest BCUT2D eigenvalue weighted by Crippen LogP contribution is 2.24. The summed E-state index contributed by atoms with van der Waals surface area (Å²) in [5.41, 5.74) is -0.698. The van der Waals surface area contributed by atoms with E-state index in [4.69, 9.17) is 19.6 Å². The Bertz CT molecular complexity index is 1030. The van der Waals surface area contributed by atoms with E-state index < -0.39 is 30.6 Å². The van der Waals surface area contributed by atoms with Crippen LogP contribution in [0.3, 0.4) is 0 Å². The predicted molar refractivity (Wildman–Crippen MR) is 98.8 cm³/mol. The molecule has 0 heterocycles. The van der Waals surface area contributed by atoms with Crippen molar-refractivity contribution in [1.29, 1.82) is 0 Å². The molecule has 2 aromatic rings. The fourth-order valence-electron chi connectivity index (χ4n) is 1.77. The maximum Gasteiger partial charge on any atom is 0.339 e. The number of carbonyl (C=O) groups is 1. The highest BCUT2D eigenvalue weighted by atomic mass is 35.7. The molecule has 2 aromatic carbocycles. The zero-order valence-electron chi connectivity index (χ0n) is 14.7. The Hall–Kier alpha value is -2.10. The molecule has 0 atom stereocenters. The topological polar surface area (TPSA) is 104 Å². The SMILES string of the molecule is CC(C)(C)C(=O)Oc1ccc(S(=O)(=O)Oc2ccc(S(=O)(=O)Cl)cc2)cc1. The van der Waals surface area contributed by atoms with Crippen LogP contribution in [0.25, 0.3) is 0 Å². The van der Waals surface area contributed by atoms with Gasteiger partial charge in [0.2, 0.25) is 0 Å². The van der Waals surface area contributed by atoms with E-state index in [-0.39, 0.29) is 21.3 Å². The van der Waals surface area contributed by atoms with Crippen LogP contribution >= 0.6 is 10.7 Å². The van der Waals surface area contributed by atoms with E-state index in [1.807, 2.05) is 0 Å². The summed E-state index contributed by atoms with van der Waals surface area (Å²) in [6.45, 7) is 5.09. The number of hydrogen-bond donors (Lipinski definition) is 0. The van der Waals surface area contributed by atoms with E-state index in [2.05, 4.69) is 0 Å². The summed E-state index contributed by atoms with van der Waals surface area (Å²) in [5, 5.41) is 0. The Morgan fingerprint density at radius 3 is 1.70 bits per heavy atom. The van der Waals surface area contributed by atoms with Crippen molar-refractivity contribution < 1.29 is 30.6 Å². The molecule has 27 heavy (non-hydrogen) atoms. The molecule has 0 spiro atoms. The van der Waals surface area contributed by atoms with Crippen molar-refractivity contribution in [2.24, 2.45) is 5.41 Å². The fraction of sp³-hybridized carbons (Fsp3) is 0.235. The molecular formula is C17H17ClO7S2. The summed E-state index contributed by atoms with van der Waals surface area (Å²) >= 11 is 0. The van der Waals surface area contributed by atoms with Crippen LogP contribution in [0.4, 0.5) is 0 Å². The number of rotatable bonds is 5. The van der Waals surface area contributed by atoms with Gasteiger partial charge in [0, 0.05) is 10.7 Å². The lowest BCUT2D eigenvalue weighted by Crippen LogP contribution is -2.25. The molecule has 10 heteroatoms. The predicted octanol–water partition coefficient (Wildman–Crippen LogP) is 3.33. The van der Waals surface area contributed by atoms with Crippen molar-refractivity contribution in [2.75, 3.05) is 0 Å². The zero-order valence-corrected chi connectivity index (χ0v) is 17.1. The molecule has 0 bridgehead atoms. The molecule has 0 fully saturated rings. The van der Waals surface area contributed by atoms with E-state index in [9.17, 15) is 21.6 Å². The van der Waals surface area contributed by atoms with Crippen molar-refractivity contribution in [1.82, 2.24) is 0 Å². The van der Waals surface area contributed by atoms with E-state index in [0.717, 1.165) is 12.1 Å². The first kappa shape index (κ1) is 21.2. The fourth-order valence-corrected chi connectivity index (χ4v) is 3.47. The Kier molecular flexibility index (Phi) is 5.88. The van der Waals surface area contributed by atoms with Gasteiger partial charge in [-0.1, -0.05) is 0 Å². The van der Waals surface area contributed by atoms with E-state index in [1.165, 1.54) is 36.4 Å². The molecule has 0 saturated carbocycles. The highest BCUT2D eigenvalue weighted by molar-refractivity contribution is 8.13. The molecular weight excluding hydrogens is 416 g/mol. The maximum atomic E-state index is 12.3. The van der Waals surface area contributed by atoms with E-state index in [0.29, 0.717) is 0 Å². The summed E-state index contributed by atoms with van der Waals surface area (Å²) < 4.78 is 57.1. The largest absolute Gasteiger partial charge is 0.426 e. The van der Waals surface area contributed by atoms with Gasteiger partial charge in [0.15, 0.2) is 0 Å². The Morgan fingerprint density at radius 2 is 1.26 bits per heavy atom. The number of benzene rings is 2. The third-order valence-corrected chi connectivity index (χ3v) is 5.88. The van der Waals surface area contributed by atoms with Gasteiger partial charge in [-0.25, -0.2) is 8.42 Å². The Labute approximate surface area is 162 Å². The highest BCUT2D eigenvalue weighted by Gasteiger charge is 2.24. The average Bonchev–Trinajstić information content (AvgIpc) is 2.53. The molecule has 0 amide bonds. The van der Waals surface area contributed by atoms with Gasteiger partial charge in [-0.05, 0) is 69.3 Å². The van der Waals surface area contributed by atoms with Gasteiger partial charge in [-0.3, -0.25) is 4.79 Å². The summed E-state index contributed by atoms with van der Waals surface area (Å²) in [5.74, 6) is -0.337. The number of carbonyl (C=O) groups excluding carboxylic acids is 1. The summed E-state index contributed by atoms with van der Waals surface area (Å²) in [7, 11) is -2.88. The van der Waals surface area contributed by atoms with Crippen LogP contribution in [-0.2, 0) is 24.0 Å². The lowest BCUT2D eigenvalue weighted by molar-refractivity contribution is -0.143. The molecule has 0 aliphatic carbocycles. The van der Waals surface area contributed by atoms with Gasteiger partial charge < -0.3 is 8.92 Å². The van der Waals surface area contributed by atoms with Crippen molar-refractivity contribution in [3.05, 3.63) is 48.5 Å². The standard InChI is InChI=1S/C17H17ClO7S2/c1-17(2,3)16(19)24-12-4-10-15(11-5-12)27(22,23)25-13-6-8-14(9-7-13)26(18,20)21/h4-11H,1-3H3. The van der Waals surface area contributed by atoms with Gasteiger partial charge in [0.1, 0.15) is 16.4 Å². The number of halogens is 1. The van der Waals surface area contributed by atoms with Crippen molar-refractivity contribution in [3.8, 4) is 11.5 Å². The summed E-state index contributed by atoms with van der Waals surface area (Å²) in [6.07, 6.45) is 0. The smallest absolute Gasteiger partial charge is 0.339 e. The second kappa shape index (κ2) is 7.49. The number of esters is 1. The van der Waals surface area contributed by atoms with Crippen molar-refractivity contribution in [2.45, 2.75) is 30.6 Å². The van der Waals surface area contributed by atoms with E-state index in [1.54, 1.807) is 20.8 Å². The quantitative estimate of drug-likeness (QED) is 0.309. The summed E-state index contributed by atoms with van der Waals surface area (Å²) in [6, 6.07) is 9.74. The molecule has 0 saturated heterocycles. The molecule has 7 nitrogen and oxygen atoms in total. The molecule has 146 valence electrons. The normalized spacial score (nSPS) is 12.4. The zero-order chi connectivity index (χ0) is 20.5. The van der Waals surface area contributed by atoms with Gasteiger partial charge in [0.25, 0.3) is 9.05 Å².